The molecule has 1 atom stereocenters. The second kappa shape index (κ2) is 9.96. The number of unbranched alkanes of at least 4 members (excludes halogenated alkanes) is 1. The Bertz CT molecular complexity index is 821. The highest BCUT2D eigenvalue weighted by atomic mass is 32.1. The molecule has 0 saturated carbocycles. The van der Waals surface area contributed by atoms with Gasteiger partial charge in [-0.2, -0.15) is 0 Å². The quantitative estimate of drug-likeness (QED) is 0.513. The molecule has 2 aliphatic heterocycles. The standard InChI is InChI=1S/C23H34N4O3S/c1-5-6-13-27-20(28)19(16(2)3)25-23(27)11-14-26(15-12-23)22(31)24-18-10-8-7-9-17(18)21(29)30-4/h7-10,16,19,25H,5-6,11-15H2,1-4H3,(H,24,31). The predicted octanol–water partition coefficient (Wildman–Crippen LogP) is 3.22. The maximum atomic E-state index is 13.1. The molecule has 7 nitrogen and oxygen atoms in total. The summed E-state index contributed by atoms with van der Waals surface area (Å²) in [6.07, 6.45) is 3.69. The number of rotatable bonds is 6. The zero-order valence-corrected chi connectivity index (χ0v) is 19.8. The Kier molecular flexibility index (Phi) is 7.54. The molecule has 2 aliphatic rings. The largest absolute Gasteiger partial charge is 0.465 e. The molecule has 2 heterocycles. The second-order valence-electron chi connectivity index (χ2n) is 8.70. The van der Waals surface area contributed by atoms with Gasteiger partial charge in [-0.1, -0.05) is 39.3 Å². The van der Waals surface area contributed by atoms with Crippen LogP contribution in [-0.4, -0.2) is 65.2 Å². The maximum absolute atomic E-state index is 13.1. The first-order valence-electron chi connectivity index (χ1n) is 11.2. The van der Waals surface area contributed by atoms with Gasteiger partial charge in [0.2, 0.25) is 5.91 Å². The van der Waals surface area contributed by atoms with E-state index in [9.17, 15) is 9.59 Å². The van der Waals surface area contributed by atoms with Crippen molar-refractivity contribution in [3.63, 3.8) is 0 Å². The third kappa shape index (κ3) is 4.85. The molecule has 0 aromatic heterocycles. The van der Waals surface area contributed by atoms with E-state index in [2.05, 4.69) is 41.2 Å². The summed E-state index contributed by atoms with van der Waals surface area (Å²) < 4.78 is 4.87. The number of esters is 1. The van der Waals surface area contributed by atoms with Gasteiger partial charge in [-0.15, -0.1) is 0 Å². The molecule has 2 saturated heterocycles. The van der Waals surface area contributed by atoms with E-state index in [4.69, 9.17) is 17.0 Å². The van der Waals surface area contributed by atoms with Crippen LogP contribution < -0.4 is 10.6 Å². The van der Waals surface area contributed by atoms with E-state index >= 15 is 0 Å². The molecule has 0 radical (unpaired) electrons. The molecule has 1 unspecified atom stereocenters. The van der Waals surface area contributed by atoms with Gasteiger partial charge in [0, 0.05) is 32.5 Å². The molecule has 2 fully saturated rings. The number of carbonyl (C=O) groups excluding carboxylic acids is 2. The van der Waals surface area contributed by atoms with Crippen molar-refractivity contribution in [2.75, 3.05) is 32.1 Å². The van der Waals surface area contributed by atoms with Crippen molar-refractivity contribution in [2.45, 2.75) is 58.2 Å². The highest BCUT2D eigenvalue weighted by Crippen LogP contribution is 2.34. The van der Waals surface area contributed by atoms with Crippen LogP contribution >= 0.6 is 12.2 Å². The van der Waals surface area contributed by atoms with Crippen LogP contribution in [0.25, 0.3) is 0 Å². The SMILES string of the molecule is CCCCN1C(=O)C(C(C)C)NC12CCN(C(=S)Nc1ccccc1C(=O)OC)CC2. The number of hydrogen-bond donors (Lipinski definition) is 2. The number of nitrogens with one attached hydrogen (secondary N) is 2. The van der Waals surface area contributed by atoms with Gasteiger partial charge in [0.15, 0.2) is 5.11 Å². The molecule has 0 bridgehead atoms. The van der Waals surface area contributed by atoms with Crippen LogP contribution in [0.2, 0.25) is 0 Å². The lowest BCUT2D eigenvalue weighted by molar-refractivity contribution is -0.133. The molecule has 0 aliphatic carbocycles. The zero-order valence-electron chi connectivity index (χ0n) is 18.9. The summed E-state index contributed by atoms with van der Waals surface area (Å²) in [4.78, 5) is 29.3. The van der Waals surface area contributed by atoms with Gasteiger partial charge >= 0.3 is 5.97 Å². The summed E-state index contributed by atoms with van der Waals surface area (Å²) >= 11 is 5.65. The predicted molar refractivity (Wildman–Crippen MR) is 126 cm³/mol. The average molecular weight is 447 g/mol. The van der Waals surface area contributed by atoms with Gasteiger partial charge in [-0.25, -0.2) is 4.79 Å². The van der Waals surface area contributed by atoms with Crippen molar-refractivity contribution in [1.82, 2.24) is 15.1 Å². The number of likely N-dealkylation sites (tertiary alicyclic amines) is 1. The van der Waals surface area contributed by atoms with Crippen molar-refractivity contribution >= 4 is 34.9 Å². The monoisotopic (exact) mass is 446 g/mol. The van der Waals surface area contributed by atoms with Crippen LogP contribution in [0, 0.1) is 5.92 Å². The summed E-state index contributed by atoms with van der Waals surface area (Å²) in [5.41, 5.74) is 0.796. The summed E-state index contributed by atoms with van der Waals surface area (Å²) in [7, 11) is 1.37. The molecule has 1 spiro atoms. The first-order valence-corrected chi connectivity index (χ1v) is 11.6. The van der Waals surface area contributed by atoms with Crippen molar-refractivity contribution in [2.24, 2.45) is 5.92 Å². The number of methoxy groups -OCH3 is 1. The molecule has 170 valence electrons. The molecule has 3 rings (SSSR count). The normalized spacial score (nSPS) is 20.4. The van der Waals surface area contributed by atoms with E-state index in [-0.39, 0.29) is 23.5 Å². The number of para-hydroxylation sites is 1. The van der Waals surface area contributed by atoms with E-state index in [1.165, 1.54) is 7.11 Å². The fourth-order valence-electron chi connectivity index (χ4n) is 4.47. The van der Waals surface area contributed by atoms with E-state index < -0.39 is 5.97 Å². The number of nitrogens with zero attached hydrogens (tertiary/aromatic N) is 2. The molecule has 1 amide bonds. The Hall–Kier alpha value is -2.19. The van der Waals surface area contributed by atoms with Crippen LogP contribution in [0.5, 0.6) is 0 Å². The molecular weight excluding hydrogens is 412 g/mol. The number of piperidine rings is 1. The number of thiocarbonyl (C=S) groups is 1. The minimum atomic E-state index is -0.400. The van der Waals surface area contributed by atoms with Gasteiger partial charge in [0.1, 0.15) is 0 Å². The van der Waals surface area contributed by atoms with Crippen molar-refractivity contribution in [3.8, 4) is 0 Å². The number of anilines is 1. The van der Waals surface area contributed by atoms with Gasteiger partial charge in [0.25, 0.3) is 0 Å². The van der Waals surface area contributed by atoms with Gasteiger partial charge < -0.3 is 19.9 Å². The third-order valence-electron chi connectivity index (χ3n) is 6.33. The van der Waals surface area contributed by atoms with Gasteiger partial charge in [-0.3, -0.25) is 10.1 Å². The molecule has 8 heteroatoms. The highest BCUT2D eigenvalue weighted by molar-refractivity contribution is 7.80. The number of amides is 1. The Morgan fingerprint density at radius 1 is 1.32 bits per heavy atom. The van der Waals surface area contributed by atoms with E-state index in [0.717, 1.165) is 45.3 Å². The van der Waals surface area contributed by atoms with Gasteiger partial charge in [0.05, 0.1) is 30.1 Å². The van der Waals surface area contributed by atoms with Crippen LogP contribution in [-0.2, 0) is 9.53 Å². The minimum absolute atomic E-state index is 0.125. The number of hydrogen-bond acceptors (Lipinski definition) is 5. The van der Waals surface area contributed by atoms with E-state index in [1.54, 1.807) is 12.1 Å². The zero-order chi connectivity index (χ0) is 22.6. The van der Waals surface area contributed by atoms with E-state index in [1.807, 2.05) is 12.1 Å². The summed E-state index contributed by atoms with van der Waals surface area (Å²) in [5.74, 6) is 0.0830. The average Bonchev–Trinajstić information content (AvgIpc) is 3.03. The molecular formula is C23H34N4O3S. The Morgan fingerprint density at radius 3 is 2.61 bits per heavy atom. The Labute approximate surface area is 190 Å². The molecule has 2 N–H and O–H groups in total. The second-order valence-corrected chi connectivity index (χ2v) is 9.08. The Morgan fingerprint density at radius 2 is 2.00 bits per heavy atom. The minimum Gasteiger partial charge on any atom is -0.465 e. The molecule has 31 heavy (non-hydrogen) atoms. The topological polar surface area (TPSA) is 73.9 Å². The highest BCUT2D eigenvalue weighted by Gasteiger charge is 2.51. The van der Waals surface area contributed by atoms with Crippen LogP contribution in [0.1, 0.15) is 56.8 Å². The summed E-state index contributed by atoms with van der Waals surface area (Å²) in [6.45, 7) is 8.61. The fraction of sp³-hybridized carbons (Fsp3) is 0.609. The van der Waals surface area contributed by atoms with E-state index in [0.29, 0.717) is 16.4 Å². The van der Waals surface area contributed by atoms with Crippen molar-refractivity contribution < 1.29 is 14.3 Å². The first kappa shape index (κ1) is 23.5. The number of carbonyl (C=O) groups is 2. The van der Waals surface area contributed by atoms with Crippen molar-refractivity contribution in [3.05, 3.63) is 29.8 Å². The van der Waals surface area contributed by atoms with Crippen molar-refractivity contribution in [1.29, 1.82) is 0 Å². The number of benzene rings is 1. The first-order chi connectivity index (χ1) is 14.8. The molecule has 1 aromatic rings. The lowest BCUT2D eigenvalue weighted by Gasteiger charge is -2.45. The van der Waals surface area contributed by atoms with Crippen LogP contribution in [0.4, 0.5) is 5.69 Å². The number of ether oxygens (including phenoxy) is 1. The van der Waals surface area contributed by atoms with Gasteiger partial charge in [-0.05, 0) is 36.7 Å². The maximum Gasteiger partial charge on any atom is 0.339 e. The fourth-order valence-corrected chi connectivity index (χ4v) is 4.76. The Balaban J connectivity index is 1.69. The summed E-state index contributed by atoms with van der Waals surface area (Å²) in [5, 5.41) is 7.47. The van der Waals surface area contributed by atoms with Crippen LogP contribution in [0.15, 0.2) is 24.3 Å². The lowest BCUT2D eigenvalue weighted by atomic mass is 9.95. The third-order valence-corrected chi connectivity index (χ3v) is 6.69. The smallest absolute Gasteiger partial charge is 0.339 e. The lowest BCUT2D eigenvalue weighted by Crippen LogP contribution is -2.60. The molecule has 1 aromatic carbocycles. The summed E-state index contributed by atoms with van der Waals surface area (Å²) in [6, 6.07) is 7.06. The van der Waals surface area contributed by atoms with Crippen LogP contribution in [0.3, 0.4) is 0 Å².